The minimum absolute atomic E-state index is 0.228. The molecule has 1 atom stereocenters. The molecule has 1 heterocycles. The van der Waals surface area contributed by atoms with Crippen molar-refractivity contribution in [3.63, 3.8) is 0 Å². The molecule has 1 aliphatic rings. The number of alkyl halides is 1. The van der Waals surface area contributed by atoms with Crippen molar-refractivity contribution in [3.8, 4) is 29.1 Å². The highest BCUT2D eigenvalue weighted by Gasteiger charge is 2.13. The van der Waals surface area contributed by atoms with Gasteiger partial charge in [-0.05, 0) is 19.1 Å². The first kappa shape index (κ1) is 14.4. The summed E-state index contributed by atoms with van der Waals surface area (Å²) < 4.78 is 15.9. The van der Waals surface area contributed by atoms with E-state index in [0.29, 0.717) is 17.2 Å². The molecule has 0 radical (unpaired) electrons. The summed E-state index contributed by atoms with van der Waals surface area (Å²) in [5.74, 6) is 7.36. The number of carbonyl (C=O) groups is 1. The first-order valence-corrected chi connectivity index (χ1v) is 6.50. The van der Waals surface area contributed by atoms with Crippen LogP contribution in [-0.2, 0) is 4.79 Å². The third-order valence-corrected chi connectivity index (χ3v) is 2.69. The highest BCUT2D eigenvalue weighted by Crippen LogP contribution is 2.34. The van der Waals surface area contributed by atoms with Gasteiger partial charge >= 0.3 is 0 Å². The second-order valence-electron chi connectivity index (χ2n) is 3.99. The fourth-order valence-electron chi connectivity index (χ4n) is 1.47. The molecule has 2 rings (SSSR count). The zero-order valence-corrected chi connectivity index (χ0v) is 11.7. The van der Waals surface area contributed by atoms with Crippen LogP contribution < -0.4 is 19.5 Å². The molecule has 1 aromatic carbocycles. The Labute approximate surface area is 122 Å². The van der Waals surface area contributed by atoms with Crippen molar-refractivity contribution >= 4 is 17.5 Å². The molecule has 1 N–H and O–H groups in total. The summed E-state index contributed by atoms with van der Waals surface area (Å²) in [7, 11) is 0. The Bertz CT molecular complexity index is 548. The predicted octanol–water partition coefficient (Wildman–Crippen LogP) is 1.54. The van der Waals surface area contributed by atoms with Crippen LogP contribution in [0.4, 0.5) is 0 Å². The van der Waals surface area contributed by atoms with E-state index in [1.807, 2.05) is 0 Å². The van der Waals surface area contributed by atoms with Gasteiger partial charge < -0.3 is 19.5 Å². The molecule has 1 amide bonds. The van der Waals surface area contributed by atoms with Crippen LogP contribution >= 0.6 is 11.6 Å². The lowest BCUT2D eigenvalue weighted by Crippen LogP contribution is -2.29. The SMILES string of the molecule is CC(Cl)C(=O)NCC#CCOc1ccc2c(c1)OCO2. The zero-order chi connectivity index (χ0) is 14.4. The van der Waals surface area contributed by atoms with Crippen molar-refractivity contribution in [1.29, 1.82) is 0 Å². The Balaban J connectivity index is 1.72. The number of hydrogen-bond acceptors (Lipinski definition) is 4. The minimum Gasteiger partial charge on any atom is -0.481 e. The van der Waals surface area contributed by atoms with Gasteiger partial charge in [0.2, 0.25) is 12.7 Å². The lowest BCUT2D eigenvalue weighted by molar-refractivity contribution is -0.120. The normalized spacial score (nSPS) is 13.1. The number of nitrogens with one attached hydrogen (secondary N) is 1. The molecule has 0 fully saturated rings. The van der Waals surface area contributed by atoms with Gasteiger partial charge in [-0.15, -0.1) is 11.6 Å². The van der Waals surface area contributed by atoms with Gasteiger partial charge in [-0.3, -0.25) is 4.79 Å². The van der Waals surface area contributed by atoms with Gasteiger partial charge in [0.1, 0.15) is 17.7 Å². The molecular formula is C14H14ClNO4. The molecule has 1 aliphatic heterocycles. The highest BCUT2D eigenvalue weighted by atomic mass is 35.5. The molecule has 6 heteroatoms. The van der Waals surface area contributed by atoms with E-state index in [1.54, 1.807) is 25.1 Å². The standard InChI is InChI=1S/C14H14ClNO4/c1-10(15)14(17)16-6-2-3-7-18-11-4-5-12-13(8-11)20-9-19-12/h4-5,8,10H,6-7,9H2,1H3,(H,16,17). The maximum absolute atomic E-state index is 11.1. The molecule has 0 spiro atoms. The van der Waals surface area contributed by atoms with E-state index in [-0.39, 0.29) is 25.9 Å². The Morgan fingerprint density at radius 2 is 2.25 bits per heavy atom. The van der Waals surface area contributed by atoms with Crippen molar-refractivity contribution < 1.29 is 19.0 Å². The Kier molecular flexibility index (Phi) is 4.97. The number of ether oxygens (including phenoxy) is 3. The second kappa shape index (κ2) is 6.92. The molecular weight excluding hydrogens is 282 g/mol. The Morgan fingerprint density at radius 1 is 1.45 bits per heavy atom. The summed E-state index contributed by atoms with van der Waals surface area (Å²) in [5, 5.41) is 2.02. The lowest BCUT2D eigenvalue weighted by atomic mass is 10.3. The maximum atomic E-state index is 11.1. The predicted molar refractivity (Wildman–Crippen MR) is 74.2 cm³/mol. The molecule has 5 nitrogen and oxygen atoms in total. The minimum atomic E-state index is -0.554. The number of amides is 1. The zero-order valence-electron chi connectivity index (χ0n) is 10.9. The van der Waals surface area contributed by atoms with Crippen molar-refractivity contribution in [2.24, 2.45) is 0 Å². The second-order valence-corrected chi connectivity index (χ2v) is 4.65. The first-order chi connectivity index (χ1) is 9.66. The van der Waals surface area contributed by atoms with Gasteiger partial charge in [0.15, 0.2) is 11.5 Å². The number of halogens is 1. The molecule has 20 heavy (non-hydrogen) atoms. The number of rotatable bonds is 4. The largest absolute Gasteiger partial charge is 0.481 e. The fraction of sp³-hybridized carbons (Fsp3) is 0.357. The monoisotopic (exact) mass is 295 g/mol. The molecule has 106 valence electrons. The van der Waals surface area contributed by atoms with E-state index in [9.17, 15) is 4.79 Å². The van der Waals surface area contributed by atoms with Gasteiger partial charge in [0.25, 0.3) is 0 Å². The summed E-state index contributed by atoms with van der Waals surface area (Å²) in [6, 6.07) is 5.32. The van der Waals surface area contributed by atoms with Crippen molar-refractivity contribution in [2.75, 3.05) is 19.9 Å². The quantitative estimate of drug-likeness (QED) is 0.676. The van der Waals surface area contributed by atoms with Crippen molar-refractivity contribution in [2.45, 2.75) is 12.3 Å². The molecule has 0 saturated heterocycles. The van der Waals surface area contributed by atoms with E-state index in [2.05, 4.69) is 17.2 Å². The van der Waals surface area contributed by atoms with Crippen LogP contribution in [0, 0.1) is 11.8 Å². The summed E-state index contributed by atoms with van der Waals surface area (Å²) in [5.41, 5.74) is 0. The first-order valence-electron chi connectivity index (χ1n) is 6.07. The summed E-state index contributed by atoms with van der Waals surface area (Å²) in [6.45, 7) is 2.32. The van der Waals surface area contributed by atoms with Crippen LogP contribution in [0.2, 0.25) is 0 Å². The van der Waals surface area contributed by atoms with E-state index >= 15 is 0 Å². The van der Waals surface area contributed by atoms with Crippen molar-refractivity contribution in [1.82, 2.24) is 5.32 Å². The van der Waals surface area contributed by atoms with Gasteiger partial charge in [-0.25, -0.2) is 0 Å². The van der Waals surface area contributed by atoms with E-state index in [1.165, 1.54) is 0 Å². The average molecular weight is 296 g/mol. The lowest BCUT2D eigenvalue weighted by Gasteiger charge is -2.03. The molecule has 1 aromatic rings. The fourth-order valence-corrected chi connectivity index (χ4v) is 1.55. The van der Waals surface area contributed by atoms with Crippen LogP contribution in [0.25, 0.3) is 0 Å². The smallest absolute Gasteiger partial charge is 0.238 e. The summed E-state index contributed by atoms with van der Waals surface area (Å²) in [6.07, 6.45) is 0. The topological polar surface area (TPSA) is 56.8 Å². The third kappa shape index (κ3) is 3.97. The molecule has 0 bridgehead atoms. The van der Waals surface area contributed by atoms with Gasteiger partial charge in [-0.1, -0.05) is 11.8 Å². The number of fused-ring (bicyclic) bond motifs is 1. The van der Waals surface area contributed by atoms with Crippen LogP contribution in [0.15, 0.2) is 18.2 Å². The van der Waals surface area contributed by atoms with Crippen LogP contribution in [-0.4, -0.2) is 31.2 Å². The van der Waals surface area contributed by atoms with E-state index < -0.39 is 5.38 Å². The average Bonchev–Trinajstić information content (AvgIpc) is 2.89. The van der Waals surface area contributed by atoms with Gasteiger partial charge in [-0.2, -0.15) is 0 Å². The molecule has 1 unspecified atom stereocenters. The maximum Gasteiger partial charge on any atom is 0.238 e. The Hall–Kier alpha value is -2.06. The molecule has 0 aliphatic carbocycles. The van der Waals surface area contributed by atoms with Crippen molar-refractivity contribution in [3.05, 3.63) is 18.2 Å². The third-order valence-electron chi connectivity index (χ3n) is 2.49. The van der Waals surface area contributed by atoms with E-state index in [4.69, 9.17) is 25.8 Å². The summed E-state index contributed by atoms with van der Waals surface area (Å²) >= 11 is 5.59. The van der Waals surface area contributed by atoms with Crippen LogP contribution in [0.5, 0.6) is 17.2 Å². The Morgan fingerprint density at radius 3 is 3.05 bits per heavy atom. The van der Waals surface area contributed by atoms with Gasteiger partial charge in [0.05, 0.1) is 6.54 Å². The number of carbonyl (C=O) groups excluding carboxylic acids is 1. The highest BCUT2D eigenvalue weighted by molar-refractivity contribution is 6.30. The number of benzene rings is 1. The summed E-state index contributed by atoms with van der Waals surface area (Å²) in [4.78, 5) is 11.1. The van der Waals surface area contributed by atoms with Gasteiger partial charge in [0, 0.05) is 6.07 Å². The number of hydrogen-bond donors (Lipinski definition) is 1. The molecule has 0 aromatic heterocycles. The van der Waals surface area contributed by atoms with Crippen LogP contribution in [0.1, 0.15) is 6.92 Å². The molecule has 0 saturated carbocycles. The van der Waals surface area contributed by atoms with Crippen LogP contribution in [0.3, 0.4) is 0 Å². The van der Waals surface area contributed by atoms with E-state index in [0.717, 1.165) is 0 Å².